The van der Waals surface area contributed by atoms with E-state index in [1.165, 1.54) is 17.9 Å². The Morgan fingerprint density at radius 1 is 1.81 bits per heavy atom. The summed E-state index contributed by atoms with van der Waals surface area (Å²) in [4.78, 5) is 18.0. The predicted octanol–water partition coefficient (Wildman–Crippen LogP) is -0.548. The minimum absolute atomic E-state index is 0.0462. The lowest BCUT2D eigenvalue weighted by Gasteiger charge is -2.34. The first-order valence-electron chi connectivity index (χ1n) is 5.34. The van der Waals surface area contributed by atoms with Crippen molar-refractivity contribution in [1.29, 1.82) is 0 Å². The summed E-state index contributed by atoms with van der Waals surface area (Å²) in [6, 6.07) is -0.179. The molecule has 2 rings (SSSR count). The van der Waals surface area contributed by atoms with Gasteiger partial charge < -0.3 is 15.5 Å². The summed E-state index contributed by atoms with van der Waals surface area (Å²) in [5.74, 6) is 0.0462. The lowest BCUT2D eigenvalue weighted by atomic mass is 10.2. The van der Waals surface area contributed by atoms with E-state index in [1.54, 1.807) is 0 Å². The summed E-state index contributed by atoms with van der Waals surface area (Å²) in [5.41, 5.74) is 0. The molecule has 1 aromatic heterocycles. The number of amides is 1. The molecule has 1 atom stereocenters. The second-order valence-electron chi connectivity index (χ2n) is 3.53. The molecule has 2 heterocycles. The van der Waals surface area contributed by atoms with Crippen molar-refractivity contribution in [3.8, 4) is 0 Å². The molecule has 1 unspecified atom stereocenters. The molecule has 0 aromatic carbocycles. The number of carbonyl (C=O) groups is 1. The normalized spacial score (nSPS) is 20.8. The Balaban J connectivity index is 2.11. The van der Waals surface area contributed by atoms with Gasteiger partial charge in [-0.05, 0) is 6.92 Å². The van der Waals surface area contributed by atoms with E-state index in [-0.39, 0.29) is 11.9 Å². The Hall–Kier alpha value is -1.21. The van der Waals surface area contributed by atoms with Crippen molar-refractivity contribution in [1.82, 2.24) is 20.0 Å². The number of aromatic nitrogens is 2. The van der Waals surface area contributed by atoms with Crippen LogP contribution < -0.4 is 15.5 Å². The molecule has 1 aromatic rings. The molecule has 1 fully saturated rings. The second kappa shape index (κ2) is 5.22. The van der Waals surface area contributed by atoms with Crippen molar-refractivity contribution in [2.45, 2.75) is 13.0 Å². The fraction of sp³-hybridized carbons (Fsp3) is 0.667. The molecule has 0 spiro atoms. The fourth-order valence-corrected chi connectivity index (χ4v) is 2.36. The summed E-state index contributed by atoms with van der Waals surface area (Å²) in [5, 5.41) is 6.88. The van der Waals surface area contributed by atoms with Gasteiger partial charge in [-0.2, -0.15) is 4.37 Å². The first-order valence-corrected chi connectivity index (χ1v) is 6.12. The standard InChI is InChI=1S/C9H15N5OS/c1-2-11-8(15)7-5-10-3-4-14(7)9-12-6-13-16-9/h6-7,10H,2-5H2,1H3,(H,11,15). The van der Waals surface area contributed by atoms with Crippen LogP contribution >= 0.6 is 11.5 Å². The van der Waals surface area contributed by atoms with Crippen molar-refractivity contribution in [3.05, 3.63) is 6.33 Å². The van der Waals surface area contributed by atoms with E-state index in [4.69, 9.17) is 0 Å². The summed E-state index contributed by atoms with van der Waals surface area (Å²) in [7, 11) is 0. The van der Waals surface area contributed by atoms with E-state index < -0.39 is 0 Å². The monoisotopic (exact) mass is 241 g/mol. The number of piperazine rings is 1. The zero-order valence-electron chi connectivity index (χ0n) is 9.14. The minimum Gasteiger partial charge on any atom is -0.355 e. The molecule has 88 valence electrons. The molecule has 0 radical (unpaired) electrons. The van der Waals surface area contributed by atoms with Crippen molar-refractivity contribution in [2.24, 2.45) is 0 Å². The quantitative estimate of drug-likeness (QED) is 0.743. The maximum atomic E-state index is 11.9. The zero-order chi connectivity index (χ0) is 11.4. The number of carbonyl (C=O) groups excluding carboxylic acids is 1. The maximum absolute atomic E-state index is 11.9. The lowest BCUT2D eigenvalue weighted by Crippen LogP contribution is -2.58. The molecular formula is C9H15N5OS. The van der Waals surface area contributed by atoms with Gasteiger partial charge in [0.2, 0.25) is 11.0 Å². The van der Waals surface area contributed by atoms with Gasteiger partial charge in [0.15, 0.2) is 0 Å². The fourth-order valence-electron chi connectivity index (χ4n) is 1.75. The molecule has 1 aliphatic rings. The molecule has 1 aliphatic heterocycles. The minimum atomic E-state index is -0.179. The molecular weight excluding hydrogens is 226 g/mol. The molecule has 16 heavy (non-hydrogen) atoms. The largest absolute Gasteiger partial charge is 0.355 e. The van der Waals surface area contributed by atoms with Gasteiger partial charge in [0.1, 0.15) is 12.4 Å². The number of hydrogen-bond donors (Lipinski definition) is 2. The van der Waals surface area contributed by atoms with Crippen LogP contribution in [0.3, 0.4) is 0 Å². The smallest absolute Gasteiger partial charge is 0.244 e. The SMILES string of the molecule is CCNC(=O)C1CNCCN1c1ncns1. The number of hydrogen-bond acceptors (Lipinski definition) is 6. The Kier molecular flexibility index (Phi) is 3.68. The zero-order valence-corrected chi connectivity index (χ0v) is 9.96. The molecule has 2 N–H and O–H groups in total. The van der Waals surface area contributed by atoms with E-state index in [0.29, 0.717) is 13.1 Å². The van der Waals surface area contributed by atoms with E-state index in [9.17, 15) is 4.79 Å². The highest BCUT2D eigenvalue weighted by Gasteiger charge is 2.29. The van der Waals surface area contributed by atoms with Crippen molar-refractivity contribution < 1.29 is 4.79 Å². The van der Waals surface area contributed by atoms with Crippen LogP contribution in [0.25, 0.3) is 0 Å². The molecule has 1 amide bonds. The van der Waals surface area contributed by atoms with E-state index in [0.717, 1.165) is 18.2 Å². The lowest BCUT2D eigenvalue weighted by molar-refractivity contribution is -0.122. The van der Waals surface area contributed by atoms with Crippen LogP contribution in [0.15, 0.2) is 6.33 Å². The van der Waals surface area contributed by atoms with Gasteiger partial charge in [-0.15, -0.1) is 0 Å². The first kappa shape index (κ1) is 11.3. The Morgan fingerprint density at radius 2 is 2.69 bits per heavy atom. The van der Waals surface area contributed by atoms with Crippen LogP contribution in [0.4, 0.5) is 5.13 Å². The molecule has 1 saturated heterocycles. The summed E-state index contributed by atoms with van der Waals surface area (Å²) in [6.45, 7) is 4.89. The maximum Gasteiger partial charge on any atom is 0.244 e. The average Bonchev–Trinajstić information content (AvgIpc) is 2.83. The van der Waals surface area contributed by atoms with E-state index in [1.807, 2.05) is 11.8 Å². The number of rotatable bonds is 3. The van der Waals surface area contributed by atoms with Crippen LogP contribution in [0.1, 0.15) is 6.92 Å². The number of anilines is 1. The molecule has 0 aliphatic carbocycles. The first-order chi connectivity index (χ1) is 7.83. The Labute approximate surface area is 98.2 Å². The van der Waals surface area contributed by atoms with Crippen LogP contribution in [0.5, 0.6) is 0 Å². The summed E-state index contributed by atoms with van der Waals surface area (Å²) < 4.78 is 3.97. The van der Waals surface area contributed by atoms with Gasteiger partial charge in [0, 0.05) is 37.7 Å². The Bertz CT molecular complexity index is 342. The third-order valence-electron chi connectivity index (χ3n) is 2.49. The van der Waals surface area contributed by atoms with Gasteiger partial charge in [-0.3, -0.25) is 4.79 Å². The van der Waals surface area contributed by atoms with Crippen LogP contribution in [0.2, 0.25) is 0 Å². The third-order valence-corrected chi connectivity index (χ3v) is 3.20. The summed E-state index contributed by atoms with van der Waals surface area (Å²) in [6.07, 6.45) is 1.52. The Morgan fingerprint density at radius 3 is 3.38 bits per heavy atom. The topological polar surface area (TPSA) is 70.2 Å². The van der Waals surface area contributed by atoms with Crippen molar-refractivity contribution in [2.75, 3.05) is 31.1 Å². The number of nitrogens with zero attached hydrogens (tertiary/aromatic N) is 3. The van der Waals surface area contributed by atoms with Gasteiger partial charge in [0.25, 0.3) is 0 Å². The van der Waals surface area contributed by atoms with E-state index in [2.05, 4.69) is 20.0 Å². The van der Waals surface area contributed by atoms with Crippen molar-refractivity contribution >= 4 is 22.6 Å². The third kappa shape index (κ3) is 2.30. The molecule has 0 saturated carbocycles. The molecule has 0 bridgehead atoms. The highest BCUT2D eigenvalue weighted by molar-refractivity contribution is 7.09. The predicted molar refractivity (Wildman–Crippen MR) is 62.6 cm³/mol. The van der Waals surface area contributed by atoms with Gasteiger partial charge in [0.05, 0.1) is 0 Å². The van der Waals surface area contributed by atoms with Crippen LogP contribution in [-0.4, -0.2) is 47.5 Å². The van der Waals surface area contributed by atoms with E-state index >= 15 is 0 Å². The van der Waals surface area contributed by atoms with Crippen LogP contribution in [0, 0.1) is 0 Å². The average molecular weight is 241 g/mol. The molecule has 7 heteroatoms. The van der Waals surface area contributed by atoms with Gasteiger partial charge >= 0.3 is 0 Å². The highest BCUT2D eigenvalue weighted by Crippen LogP contribution is 2.18. The van der Waals surface area contributed by atoms with Gasteiger partial charge in [-0.25, -0.2) is 4.98 Å². The second-order valence-corrected chi connectivity index (χ2v) is 4.29. The summed E-state index contributed by atoms with van der Waals surface area (Å²) >= 11 is 1.33. The highest BCUT2D eigenvalue weighted by atomic mass is 32.1. The number of nitrogens with one attached hydrogen (secondary N) is 2. The van der Waals surface area contributed by atoms with Gasteiger partial charge in [-0.1, -0.05) is 0 Å². The van der Waals surface area contributed by atoms with Crippen molar-refractivity contribution in [3.63, 3.8) is 0 Å². The molecule has 6 nitrogen and oxygen atoms in total. The van der Waals surface area contributed by atoms with Crippen LogP contribution in [-0.2, 0) is 4.79 Å². The number of likely N-dealkylation sites (N-methyl/N-ethyl adjacent to an activating group) is 1.